The van der Waals surface area contributed by atoms with Gasteiger partial charge in [0.2, 0.25) is 0 Å². The van der Waals surface area contributed by atoms with Gasteiger partial charge in [0.25, 0.3) is 0 Å². The van der Waals surface area contributed by atoms with Crippen molar-refractivity contribution in [2.24, 2.45) is 17.3 Å². The van der Waals surface area contributed by atoms with E-state index < -0.39 is 0 Å². The van der Waals surface area contributed by atoms with E-state index in [-0.39, 0.29) is 5.41 Å². The first-order valence-corrected chi connectivity index (χ1v) is 6.39. The van der Waals surface area contributed by atoms with Gasteiger partial charge in [0.05, 0.1) is 0 Å². The highest BCUT2D eigenvalue weighted by Crippen LogP contribution is 2.39. The number of carbonyl (C=O) groups is 1. The first-order chi connectivity index (χ1) is 7.15. The van der Waals surface area contributed by atoms with E-state index >= 15 is 0 Å². The molecule has 86 valence electrons. The summed E-state index contributed by atoms with van der Waals surface area (Å²) in [6.07, 6.45) is 5.81. The highest BCUT2D eigenvalue weighted by atomic mass is 16.1. The zero-order valence-corrected chi connectivity index (χ0v) is 10.0. The normalized spacial score (nSPS) is 31.9. The lowest BCUT2D eigenvalue weighted by molar-refractivity contribution is -0.131. The molecule has 0 spiro atoms. The van der Waals surface area contributed by atoms with Crippen molar-refractivity contribution in [3.05, 3.63) is 0 Å². The summed E-state index contributed by atoms with van der Waals surface area (Å²) in [7, 11) is 0. The van der Waals surface area contributed by atoms with Crippen LogP contribution in [0.2, 0.25) is 0 Å². The van der Waals surface area contributed by atoms with Gasteiger partial charge in [-0.1, -0.05) is 33.1 Å². The Hall–Kier alpha value is -0.370. The van der Waals surface area contributed by atoms with Crippen molar-refractivity contribution in [3.63, 3.8) is 0 Å². The van der Waals surface area contributed by atoms with E-state index in [0.29, 0.717) is 17.6 Å². The average Bonchev–Trinajstić information content (AvgIpc) is 2.60. The first-order valence-electron chi connectivity index (χ1n) is 6.39. The molecule has 1 aliphatic carbocycles. The number of carbonyl (C=O) groups excluding carboxylic acids is 1. The molecule has 1 unspecified atom stereocenters. The van der Waals surface area contributed by atoms with E-state index in [1.165, 1.54) is 19.3 Å². The van der Waals surface area contributed by atoms with Crippen LogP contribution in [0.5, 0.6) is 0 Å². The smallest absolute Gasteiger partial charge is 0.140 e. The zero-order valence-electron chi connectivity index (χ0n) is 10.0. The summed E-state index contributed by atoms with van der Waals surface area (Å²) >= 11 is 0. The molecule has 1 atom stereocenters. The predicted octanol–water partition coefficient (Wildman–Crippen LogP) is 2.38. The molecule has 2 nitrogen and oxygen atoms in total. The Bertz CT molecular complexity index is 237. The molecule has 1 saturated heterocycles. The van der Waals surface area contributed by atoms with Gasteiger partial charge in [-0.2, -0.15) is 0 Å². The third-order valence-electron chi connectivity index (χ3n) is 4.55. The summed E-state index contributed by atoms with van der Waals surface area (Å²) in [6.45, 7) is 6.34. The molecule has 2 aliphatic rings. The standard InChI is InChI=1S/C13H23NO/c1-10(2)13(6-7-14-9-13)12(15)8-11-4-3-5-11/h10-11,14H,3-9H2,1-2H3. The molecule has 0 aromatic heterocycles. The lowest BCUT2D eigenvalue weighted by Crippen LogP contribution is -2.40. The van der Waals surface area contributed by atoms with Gasteiger partial charge in [-0.25, -0.2) is 0 Å². The molecular formula is C13H23NO. The molecular weight excluding hydrogens is 186 g/mol. The minimum Gasteiger partial charge on any atom is -0.316 e. The summed E-state index contributed by atoms with van der Waals surface area (Å²) in [5.41, 5.74) is -0.0322. The maximum absolute atomic E-state index is 12.4. The van der Waals surface area contributed by atoms with Crippen molar-refractivity contribution in [1.29, 1.82) is 0 Å². The molecule has 0 aromatic carbocycles. The average molecular weight is 209 g/mol. The fourth-order valence-electron chi connectivity index (χ4n) is 2.93. The minimum absolute atomic E-state index is 0.0322. The van der Waals surface area contributed by atoms with Crippen LogP contribution >= 0.6 is 0 Å². The van der Waals surface area contributed by atoms with E-state index in [4.69, 9.17) is 0 Å². The summed E-state index contributed by atoms with van der Waals surface area (Å²) in [5.74, 6) is 1.74. The van der Waals surface area contributed by atoms with Gasteiger partial charge in [-0.3, -0.25) is 4.79 Å². The molecule has 1 heterocycles. The van der Waals surface area contributed by atoms with Crippen LogP contribution in [-0.2, 0) is 4.79 Å². The number of nitrogens with one attached hydrogen (secondary N) is 1. The van der Waals surface area contributed by atoms with Crippen molar-refractivity contribution in [1.82, 2.24) is 5.32 Å². The number of hydrogen-bond donors (Lipinski definition) is 1. The van der Waals surface area contributed by atoms with E-state index in [0.717, 1.165) is 25.9 Å². The van der Waals surface area contributed by atoms with Crippen molar-refractivity contribution < 1.29 is 4.79 Å². The van der Waals surface area contributed by atoms with Crippen LogP contribution in [0.1, 0.15) is 46.0 Å². The molecule has 15 heavy (non-hydrogen) atoms. The van der Waals surface area contributed by atoms with Gasteiger partial charge < -0.3 is 5.32 Å². The number of hydrogen-bond acceptors (Lipinski definition) is 2. The Morgan fingerprint density at radius 3 is 2.60 bits per heavy atom. The van der Waals surface area contributed by atoms with E-state index in [1.807, 2.05) is 0 Å². The fraction of sp³-hybridized carbons (Fsp3) is 0.923. The van der Waals surface area contributed by atoms with Crippen LogP contribution in [-0.4, -0.2) is 18.9 Å². The lowest BCUT2D eigenvalue weighted by Gasteiger charge is -2.34. The van der Waals surface area contributed by atoms with Crippen molar-refractivity contribution >= 4 is 5.78 Å². The molecule has 0 amide bonds. The molecule has 2 rings (SSSR count). The second-order valence-electron chi connectivity index (χ2n) is 5.66. The molecule has 2 fully saturated rings. The van der Waals surface area contributed by atoms with E-state index in [9.17, 15) is 4.79 Å². The third-order valence-corrected chi connectivity index (χ3v) is 4.55. The molecule has 2 heteroatoms. The van der Waals surface area contributed by atoms with E-state index in [1.54, 1.807) is 0 Å². The van der Waals surface area contributed by atoms with Crippen LogP contribution in [0.25, 0.3) is 0 Å². The van der Waals surface area contributed by atoms with Crippen LogP contribution < -0.4 is 5.32 Å². The minimum atomic E-state index is -0.0322. The Balaban J connectivity index is 2.00. The van der Waals surface area contributed by atoms with Crippen molar-refractivity contribution in [2.75, 3.05) is 13.1 Å². The van der Waals surface area contributed by atoms with Crippen LogP contribution in [0.4, 0.5) is 0 Å². The zero-order chi connectivity index (χ0) is 10.9. The van der Waals surface area contributed by atoms with Gasteiger partial charge in [0.1, 0.15) is 5.78 Å². The van der Waals surface area contributed by atoms with E-state index in [2.05, 4.69) is 19.2 Å². The van der Waals surface area contributed by atoms with Crippen LogP contribution in [0.3, 0.4) is 0 Å². The van der Waals surface area contributed by atoms with Gasteiger partial charge in [0, 0.05) is 18.4 Å². The second-order valence-corrected chi connectivity index (χ2v) is 5.66. The maximum Gasteiger partial charge on any atom is 0.140 e. The summed E-state index contributed by atoms with van der Waals surface area (Å²) in [5, 5.41) is 3.36. The number of ketones is 1. The number of Topliss-reactive ketones (excluding diaryl/α,β-unsaturated/α-hetero) is 1. The monoisotopic (exact) mass is 209 g/mol. The lowest BCUT2D eigenvalue weighted by atomic mass is 9.68. The predicted molar refractivity (Wildman–Crippen MR) is 61.7 cm³/mol. The first kappa shape index (κ1) is 11.1. The molecule has 1 saturated carbocycles. The largest absolute Gasteiger partial charge is 0.316 e. The quantitative estimate of drug-likeness (QED) is 0.770. The number of rotatable bonds is 4. The van der Waals surface area contributed by atoms with Gasteiger partial charge >= 0.3 is 0 Å². The van der Waals surface area contributed by atoms with Gasteiger partial charge in [0.15, 0.2) is 0 Å². The molecule has 1 N–H and O–H groups in total. The summed E-state index contributed by atoms with van der Waals surface area (Å²) < 4.78 is 0. The Labute approximate surface area is 92.8 Å². The molecule has 1 aliphatic heterocycles. The topological polar surface area (TPSA) is 29.1 Å². The maximum atomic E-state index is 12.4. The third kappa shape index (κ3) is 1.96. The highest BCUT2D eigenvalue weighted by molar-refractivity contribution is 5.86. The SMILES string of the molecule is CC(C)C1(C(=O)CC2CCC2)CCNC1. The molecule has 0 aromatic rings. The summed E-state index contributed by atoms with van der Waals surface area (Å²) in [4.78, 5) is 12.4. The highest BCUT2D eigenvalue weighted by Gasteiger charge is 2.44. The summed E-state index contributed by atoms with van der Waals surface area (Å²) in [6, 6.07) is 0. The van der Waals surface area contributed by atoms with Crippen molar-refractivity contribution in [2.45, 2.75) is 46.0 Å². The van der Waals surface area contributed by atoms with Gasteiger partial charge in [-0.15, -0.1) is 0 Å². The fourth-order valence-corrected chi connectivity index (χ4v) is 2.93. The van der Waals surface area contributed by atoms with Gasteiger partial charge in [-0.05, 0) is 24.8 Å². The Morgan fingerprint density at radius 2 is 2.20 bits per heavy atom. The molecule has 0 radical (unpaired) electrons. The molecule has 0 bridgehead atoms. The van der Waals surface area contributed by atoms with Crippen LogP contribution in [0, 0.1) is 17.3 Å². The van der Waals surface area contributed by atoms with Crippen molar-refractivity contribution in [3.8, 4) is 0 Å². The Kier molecular flexibility index (Phi) is 3.15. The van der Waals surface area contributed by atoms with Crippen LogP contribution in [0.15, 0.2) is 0 Å². The Morgan fingerprint density at radius 1 is 1.47 bits per heavy atom. The second kappa shape index (κ2) is 4.25.